The molecule has 0 amide bonds. The average Bonchev–Trinajstić information content (AvgIpc) is 2.51. The van der Waals surface area contributed by atoms with Gasteiger partial charge in [0.05, 0.1) is 0 Å². The summed E-state index contributed by atoms with van der Waals surface area (Å²) in [6, 6.07) is 6.22. The fraction of sp³-hybridized carbons (Fsp3) is 0.611. The minimum Gasteiger partial charge on any atom is -0.295 e. The van der Waals surface area contributed by atoms with Crippen LogP contribution in [0.1, 0.15) is 76.9 Å². The van der Waals surface area contributed by atoms with Crippen LogP contribution in [0.5, 0.6) is 0 Å². The number of rotatable bonds is 1. The lowest BCUT2D eigenvalue weighted by molar-refractivity contribution is 0.101. The van der Waals surface area contributed by atoms with Crippen molar-refractivity contribution in [3.8, 4) is 0 Å². The lowest BCUT2D eigenvalue weighted by Gasteiger charge is -2.32. The smallest absolute Gasteiger partial charge is 0.159 e. The second-order valence-corrected chi connectivity index (χ2v) is 6.48. The first kappa shape index (κ1) is 15.9. The van der Waals surface area contributed by atoms with Crippen LogP contribution in [-0.4, -0.2) is 5.78 Å². The molecule has 1 atom stereocenters. The predicted octanol–water partition coefficient (Wildman–Crippen LogP) is 5.12. The molecule has 1 aliphatic carbocycles. The summed E-state index contributed by atoms with van der Waals surface area (Å²) >= 11 is 0. The van der Waals surface area contributed by atoms with Crippen molar-refractivity contribution in [1.82, 2.24) is 0 Å². The van der Waals surface area contributed by atoms with Gasteiger partial charge in [0, 0.05) is 5.56 Å². The molecule has 0 spiro atoms. The van der Waals surface area contributed by atoms with E-state index in [0.29, 0.717) is 5.92 Å². The Balaban J connectivity index is 0.000000861. The largest absolute Gasteiger partial charge is 0.295 e. The Morgan fingerprint density at radius 1 is 1.00 bits per heavy atom. The van der Waals surface area contributed by atoms with Gasteiger partial charge in [0.2, 0.25) is 0 Å². The van der Waals surface area contributed by atoms with E-state index in [9.17, 15) is 4.79 Å². The molecule has 1 heteroatoms. The molecule has 1 aromatic carbocycles. The zero-order chi connectivity index (χ0) is 15.0. The standard InChI is InChI=1S/C16H22O.C2H6/c1-10(17)12-7-8-13-14(9-12)16(5,6)11(2)15(13,3)4;1-2/h7-9,11H,1-6H3;1-2H3. The molecule has 2 rings (SSSR count). The maximum absolute atomic E-state index is 11.5. The Bertz CT molecular complexity index is 480. The zero-order valence-electron chi connectivity index (χ0n) is 13.7. The molecule has 0 bridgehead atoms. The fourth-order valence-corrected chi connectivity index (χ4v) is 3.23. The van der Waals surface area contributed by atoms with E-state index in [1.54, 1.807) is 6.92 Å². The van der Waals surface area contributed by atoms with Gasteiger partial charge in [-0.05, 0) is 40.9 Å². The predicted molar refractivity (Wildman–Crippen MR) is 83.0 cm³/mol. The quantitative estimate of drug-likeness (QED) is 0.640. The van der Waals surface area contributed by atoms with E-state index < -0.39 is 0 Å². The number of carbonyl (C=O) groups is 1. The molecule has 0 fully saturated rings. The minimum absolute atomic E-state index is 0.143. The van der Waals surface area contributed by atoms with Crippen molar-refractivity contribution >= 4 is 5.78 Å². The average molecular weight is 260 g/mol. The normalized spacial score (nSPS) is 22.2. The minimum atomic E-state index is 0.143. The Hall–Kier alpha value is -1.11. The van der Waals surface area contributed by atoms with Gasteiger partial charge in [-0.25, -0.2) is 0 Å². The van der Waals surface area contributed by atoms with Crippen LogP contribution in [0.3, 0.4) is 0 Å². The van der Waals surface area contributed by atoms with Gasteiger partial charge < -0.3 is 0 Å². The summed E-state index contributed by atoms with van der Waals surface area (Å²) in [6.45, 7) is 17.1. The monoisotopic (exact) mass is 260 g/mol. The molecule has 0 N–H and O–H groups in total. The first-order chi connectivity index (χ1) is 8.69. The maximum Gasteiger partial charge on any atom is 0.159 e. The van der Waals surface area contributed by atoms with Crippen molar-refractivity contribution in [1.29, 1.82) is 0 Å². The van der Waals surface area contributed by atoms with Crippen molar-refractivity contribution in [3.05, 3.63) is 34.9 Å². The number of fused-ring (bicyclic) bond motifs is 1. The van der Waals surface area contributed by atoms with Crippen molar-refractivity contribution in [2.45, 2.75) is 66.2 Å². The molecule has 0 saturated heterocycles. The summed E-state index contributed by atoms with van der Waals surface area (Å²) in [5, 5.41) is 0. The third kappa shape index (κ3) is 2.35. The number of carbonyl (C=O) groups excluding carboxylic acids is 1. The molecule has 0 radical (unpaired) electrons. The fourth-order valence-electron chi connectivity index (χ4n) is 3.23. The molecule has 0 aliphatic heterocycles. The molecule has 0 saturated carbocycles. The van der Waals surface area contributed by atoms with Crippen molar-refractivity contribution in [2.24, 2.45) is 5.92 Å². The highest BCUT2D eigenvalue weighted by Gasteiger charge is 2.48. The third-order valence-electron chi connectivity index (χ3n) is 4.98. The maximum atomic E-state index is 11.5. The number of ketones is 1. The molecule has 0 aromatic heterocycles. The van der Waals surface area contributed by atoms with Gasteiger partial charge in [-0.2, -0.15) is 0 Å². The lowest BCUT2D eigenvalue weighted by Crippen LogP contribution is -2.30. The van der Waals surface area contributed by atoms with Gasteiger partial charge in [0.1, 0.15) is 0 Å². The highest BCUT2D eigenvalue weighted by atomic mass is 16.1. The Labute approximate surface area is 118 Å². The molecule has 1 unspecified atom stereocenters. The molecular formula is C18H28O. The van der Waals surface area contributed by atoms with Gasteiger partial charge in [-0.15, -0.1) is 0 Å². The van der Waals surface area contributed by atoms with Gasteiger partial charge in [0.15, 0.2) is 5.78 Å². The van der Waals surface area contributed by atoms with Crippen LogP contribution in [-0.2, 0) is 10.8 Å². The van der Waals surface area contributed by atoms with E-state index in [-0.39, 0.29) is 16.6 Å². The highest BCUT2D eigenvalue weighted by molar-refractivity contribution is 5.94. The van der Waals surface area contributed by atoms with Crippen molar-refractivity contribution < 1.29 is 4.79 Å². The lowest BCUT2D eigenvalue weighted by atomic mass is 9.71. The SMILES string of the molecule is CC.CC(=O)c1ccc2c(c1)C(C)(C)C(C)C2(C)C. The molecule has 19 heavy (non-hydrogen) atoms. The van der Waals surface area contributed by atoms with Crippen LogP contribution < -0.4 is 0 Å². The second-order valence-electron chi connectivity index (χ2n) is 6.48. The van der Waals surface area contributed by atoms with Gasteiger partial charge in [-0.1, -0.05) is 60.6 Å². The second kappa shape index (κ2) is 5.11. The number of Topliss-reactive ketones (excluding diaryl/α,β-unsaturated/α-hetero) is 1. The third-order valence-corrected chi connectivity index (χ3v) is 4.98. The number of hydrogen-bond donors (Lipinski definition) is 0. The van der Waals surface area contributed by atoms with E-state index >= 15 is 0 Å². The van der Waals surface area contributed by atoms with E-state index in [1.807, 2.05) is 19.9 Å². The molecule has 0 heterocycles. The van der Waals surface area contributed by atoms with Gasteiger partial charge >= 0.3 is 0 Å². The van der Waals surface area contributed by atoms with Gasteiger partial charge in [0.25, 0.3) is 0 Å². The first-order valence-corrected chi connectivity index (χ1v) is 7.35. The van der Waals surface area contributed by atoms with Crippen LogP contribution in [0.15, 0.2) is 18.2 Å². The highest BCUT2D eigenvalue weighted by Crippen LogP contribution is 2.53. The van der Waals surface area contributed by atoms with Crippen molar-refractivity contribution in [2.75, 3.05) is 0 Å². The topological polar surface area (TPSA) is 17.1 Å². The molecule has 1 nitrogen and oxygen atoms in total. The van der Waals surface area contributed by atoms with E-state index in [0.717, 1.165) is 5.56 Å². The van der Waals surface area contributed by atoms with E-state index in [1.165, 1.54) is 11.1 Å². The Morgan fingerprint density at radius 3 is 1.95 bits per heavy atom. The molecule has 106 valence electrons. The van der Waals surface area contributed by atoms with Crippen molar-refractivity contribution in [3.63, 3.8) is 0 Å². The summed E-state index contributed by atoms with van der Waals surface area (Å²) in [5.41, 5.74) is 3.92. The molecule has 1 aliphatic rings. The summed E-state index contributed by atoms with van der Waals surface area (Å²) in [6.07, 6.45) is 0. The first-order valence-electron chi connectivity index (χ1n) is 7.35. The summed E-state index contributed by atoms with van der Waals surface area (Å²) in [4.78, 5) is 11.5. The Kier molecular flexibility index (Phi) is 4.29. The van der Waals surface area contributed by atoms with E-state index in [4.69, 9.17) is 0 Å². The van der Waals surface area contributed by atoms with E-state index in [2.05, 4.69) is 46.8 Å². The summed E-state index contributed by atoms with van der Waals surface area (Å²) < 4.78 is 0. The molecule has 1 aromatic rings. The van der Waals surface area contributed by atoms with Crippen LogP contribution in [0.25, 0.3) is 0 Å². The van der Waals surface area contributed by atoms with Crippen LogP contribution >= 0.6 is 0 Å². The summed E-state index contributed by atoms with van der Waals surface area (Å²) in [7, 11) is 0. The van der Waals surface area contributed by atoms with Crippen LogP contribution in [0, 0.1) is 5.92 Å². The Morgan fingerprint density at radius 2 is 1.47 bits per heavy atom. The van der Waals surface area contributed by atoms with Gasteiger partial charge in [-0.3, -0.25) is 4.79 Å². The number of benzene rings is 1. The zero-order valence-corrected chi connectivity index (χ0v) is 13.7. The van der Waals surface area contributed by atoms with Crippen LogP contribution in [0.2, 0.25) is 0 Å². The number of hydrogen-bond acceptors (Lipinski definition) is 1. The summed E-state index contributed by atoms with van der Waals surface area (Å²) in [5.74, 6) is 0.730. The molecular weight excluding hydrogens is 232 g/mol. The van der Waals surface area contributed by atoms with Crippen LogP contribution in [0.4, 0.5) is 0 Å².